The summed E-state index contributed by atoms with van der Waals surface area (Å²) in [5.74, 6) is -1.32. The van der Waals surface area contributed by atoms with Gasteiger partial charge in [0.25, 0.3) is 10.0 Å². The number of aromatic carboxylic acids is 1. The lowest BCUT2D eigenvalue weighted by Gasteiger charge is -2.25. The molecule has 26 heavy (non-hydrogen) atoms. The van der Waals surface area contributed by atoms with E-state index in [2.05, 4.69) is 5.10 Å². The highest BCUT2D eigenvalue weighted by atomic mass is 32.2. The number of morpholine rings is 1. The van der Waals surface area contributed by atoms with E-state index in [1.54, 1.807) is 0 Å². The SMILES string of the molecule is Cc1ccc(C)c(Cn2cc(C(=O)O)c(S(=O)(=O)N3CCOCC3)n2)c1. The fourth-order valence-corrected chi connectivity index (χ4v) is 4.38. The molecule has 2 aromatic rings. The predicted molar refractivity (Wildman–Crippen MR) is 93.8 cm³/mol. The first-order chi connectivity index (χ1) is 12.3. The molecule has 1 fully saturated rings. The molecule has 140 valence electrons. The highest BCUT2D eigenvalue weighted by Gasteiger charge is 2.33. The molecule has 0 amide bonds. The van der Waals surface area contributed by atoms with Crippen LogP contribution < -0.4 is 0 Å². The Morgan fingerprint density at radius 3 is 2.62 bits per heavy atom. The van der Waals surface area contributed by atoms with E-state index in [0.29, 0.717) is 6.54 Å². The summed E-state index contributed by atoms with van der Waals surface area (Å²) in [4.78, 5) is 11.6. The quantitative estimate of drug-likeness (QED) is 0.839. The molecule has 0 saturated carbocycles. The van der Waals surface area contributed by atoms with Crippen molar-refractivity contribution < 1.29 is 23.1 Å². The van der Waals surface area contributed by atoms with Crippen LogP contribution in [0.4, 0.5) is 0 Å². The van der Waals surface area contributed by atoms with E-state index in [0.717, 1.165) is 16.7 Å². The monoisotopic (exact) mass is 379 g/mol. The van der Waals surface area contributed by atoms with Gasteiger partial charge in [0.2, 0.25) is 5.03 Å². The number of hydrogen-bond donors (Lipinski definition) is 1. The molecule has 1 aliphatic rings. The molecule has 1 aromatic carbocycles. The van der Waals surface area contributed by atoms with Gasteiger partial charge in [-0.15, -0.1) is 0 Å². The maximum atomic E-state index is 12.8. The van der Waals surface area contributed by atoms with Crippen molar-refractivity contribution in [2.75, 3.05) is 26.3 Å². The number of hydrogen-bond acceptors (Lipinski definition) is 5. The van der Waals surface area contributed by atoms with Crippen molar-refractivity contribution in [1.29, 1.82) is 0 Å². The minimum Gasteiger partial charge on any atom is -0.478 e. The summed E-state index contributed by atoms with van der Waals surface area (Å²) in [6, 6.07) is 5.93. The molecule has 1 aliphatic heterocycles. The van der Waals surface area contributed by atoms with Gasteiger partial charge in [-0.1, -0.05) is 23.8 Å². The molecule has 0 radical (unpaired) electrons. The summed E-state index contributed by atoms with van der Waals surface area (Å²) in [6.07, 6.45) is 1.28. The molecule has 0 bridgehead atoms. The van der Waals surface area contributed by atoms with E-state index in [9.17, 15) is 18.3 Å². The fourth-order valence-electron chi connectivity index (χ4n) is 2.88. The number of aromatic nitrogens is 2. The Hall–Kier alpha value is -2.23. The number of carbonyl (C=O) groups is 1. The van der Waals surface area contributed by atoms with Crippen LogP contribution in [0.3, 0.4) is 0 Å². The van der Waals surface area contributed by atoms with Crippen LogP contribution in [0.25, 0.3) is 0 Å². The second-order valence-electron chi connectivity index (χ2n) is 6.30. The number of sulfonamides is 1. The van der Waals surface area contributed by atoms with E-state index in [1.807, 2.05) is 32.0 Å². The number of aryl methyl sites for hydroxylation is 2. The van der Waals surface area contributed by atoms with Crippen LogP contribution >= 0.6 is 0 Å². The van der Waals surface area contributed by atoms with Crippen molar-refractivity contribution in [2.24, 2.45) is 0 Å². The van der Waals surface area contributed by atoms with Crippen LogP contribution in [0, 0.1) is 13.8 Å². The van der Waals surface area contributed by atoms with Crippen molar-refractivity contribution in [1.82, 2.24) is 14.1 Å². The van der Waals surface area contributed by atoms with E-state index < -0.39 is 21.0 Å². The van der Waals surface area contributed by atoms with Crippen LogP contribution in [0.1, 0.15) is 27.0 Å². The minimum atomic E-state index is -3.99. The van der Waals surface area contributed by atoms with Crippen LogP contribution in [-0.4, -0.2) is 59.9 Å². The average molecular weight is 379 g/mol. The van der Waals surface area contributed by atoms with Crippen LogP contribution in [0.5, 0.6) is 0 Å². The summed E-state index contributed by atoms with van der Waals surface area (Å²) in [7, 11) is -3.99. The summed E-state index contributed by atoms with van der Waals surface area (Å²) in [6.45, 7) is 5.14. The predicted octanol–water partition coefficient (Wildman–Crippen LogP) is 1.27. The van der Waals surface area contributed by atoms with Gasteiger partial charge in [-0.3, -0.25) is 4.68 Å². The normalized spacial score (nSPS) is 15.9. The van der Waals surface area contributed by atoms with Gasteiger partial charge in [-0.25, -0.2) is 13.2 Å². The van der Waals surface area contributed by atoms with E-state index >= 15 is 0 Å². The Kier molecular flexibility index (Phi) is 5.12. The minimum absolute atomic E-state index is 0.186. The third-order valence-electron chi connectivity index (χ3n) is 4.35. The number of carboxylic acid groups (broad SMARTS) is 1. The van der Waals surface area contributed by atoms with Gasteiger partial charge in [-0.2, -0.15) is 9.40 Å². The van der Waals surface area contributed by atoms with Crippen molar-refractivity contribution in [3.8, 4) is 0 Å². The molecule has 9 heteroatoms. The van der Waals surface area contributed by atoms with Gasteiger partial charge in [-0.05, 0) is 25.0 Å². The highest BCUT2D eigenvalue weighted by Crippen LogP contribution is 2.21. The zero-order valence-electron chi connectivity index (χ0n) is 14.7. The zero-order valence-corrected chi connectivity index (χ0v) is 15.5. The summed E-state index contributed by atoms with van der Waals surface area (Å²) < 4.78 is 33.4. The van der Waals surface area contributed by atoms with Crippen LogP contribution in [0.15, 0.2) is 29.4 Å². The number of carboxylic acids is 1. The number of rotatable bonds is 5. The van der Waals surface area contributed by atoms with Gasteiger partial charge in [0.15, 0.2) is 0 Å². The molecule has 8 nitrogen and oxygen atoms in total. The van der Waals surface area contributed by atoms with E-state index in [-0.39, 0.29) is 31.9 Å². The van der Waals surface area contributed by atoms with Gasteiger partial charge in [0.1, 0.15) is 5.56 Å². The largest absolute Gasteiger partial charge is 0.478 e. The molecule has 1 aromatic heterocycles. The standard InChI is InChI=1S/C17H21N3O5S/c1-12-3-4-13(2)14(9-12)10-19-11-15(17(21)22)16(18-19)26(23,24)20-5-7-25-8-6-20/h3-4,9,11H,5-8,10H2,1-2H3,(H,21,22). The first kappa shape index (κ1) is 18.6. The molecular formula is C17H21N3O5S. The Morgan fingerprint density at radius 2 is 1.96 bits per heavy atom. The smallest absolute Gasteiger partial charge is 0.340 e. The third-order valence-corrected chi connectivity index (χ3v) is 6.18. The van der Waals surface area contributed by atoms with Gasteiger partial charge in [0, 0.05) is 19.3 Å². The lowest BCUT2D eigenvalue weighted by Crippen LogP contribution is -2.41. The Balaban J connectivity index is 1.98. The summed E-state index contributed by atoms with van der Waals surface area (Å²) in [5, 5.41) is 13.1. The molecule has 3 rings (SSSR count). The van der Waals surface area contributed by atoms with Crippen molar-refractivity contribution in [3.63, 3.8) is 0 Å². The van der Waals surface area contributed by atoms with E-state index in [1.165, 1.54) is 15.2 Å². The number of ether oxygens (including phenoxy) is 1. The number of nitrogens with zero attached hydrogens (tertiary/aromatic N) is 3. The summed E-state index contributed by atoms with van der Waals surface area (Å²) >= 11 is 0. The van der Waals surface area contributed by atoms with Crippen molar-refractivity contribution in [2.45, 2.75) is 25.4 Å². The Bertz CT molecular complexity index is 930. The maximum absolute atomic E-state index is 12.8. The Labute approximate surface area is 152 Å². The van der Waals surface area contributed by atoms with Gasteiger partial charge in [0.05, 0.1) is 19.8 Å². The first-order valence-electron chi connectivity index (χ1n) is 8.24. The topological polar surface area (TPSA) is 102 Å². The molecule has 1 saturated heterocycles. The number of benzene rings is 1. The van der Waals surface area contributed by atoms with Gasteiger partial charge >= 0.3 is 5.97 Å². The third kappa shape index (κ3) is 3.64. The van der Waals surface area contributed by atoms with Crippen LogP contribution in [-0.2, 0) is 21.3 Å². The average Bonchev–Trinajstić information content (AvgIpc) is 3.04. The van der Waals surface area contributed by atoms with Crippen molar-refractivity contribution >= 4 is 16.0 Å². The molecule has 0 atom stereocenters. The zero-order chi connectivity index (χ0) is 18.9. The molecule has 2 heterocycles. The highest BCUT2D eigenvalue weighted by molar-refractivity contribution is 7.89. The molecule has 0 aliphatic carbocycles. The van der Waals surface area contributed by atoms with Gasteiger partial charge < -0.3 is 9.84 Å². The lowest BCUT2D eigenvalue weighted by molar-refractivity contribution is 0.0688. The van der Waals surface area contributed by atoms with Crippen LogP contribution in [0.2, 0.25) is 0 Å². The molecule has 0 unspecified atom stereocenters. The first-order valence-corrected chi connectivity index (χ1v) is 9.68. The maximum Gasteiger partial charge on any atom is 0.340 e. The molecule has 0 spiro atoms. The summed E-state index contributed by atoms with van der Waals surface area (Å²) in [5.41, 5.74) is 2.74. The second kappa shape index (κ2) is 7.18. The molecule has 1 N–H and O–H groups in total. The van der Waals surface area contributed by atoms with E-state index in [4.69, 9.17) is 4.74 Å². The second-order valence-corrected chi connectivity index (χ2v) is 8.15. The van der Waals surface area contributed by atoms with Crippen molar-refractivity contribution in [3.05, 3.63) is 46.6 Å². The molecular weight excluding hydrogens is 358 g/mol. The fraction of sp³-hybridized carbons (Fsp3) is 0.412. The lowest BCUT2D eigenvalue weighted by atomic mass is 10.1. The Morgan fingerprint density at radius 1 is 1.27 bits per heavy atom.